The van der Waals surface area contributed by atoms with E-state index in [1.165, 1.54) is 105 Å². The van der Waals surface area contributed by atoms with Crippen molar-refractivity contribution in [3.8, 4) is 5.69 Å². The molecule has 0 saturated carbocycles. The first kappa shape index (κ1) is 38.9. The molecule has 13 rings (SSSR count). The minimum absolute atomic E-state index is 0.00903. The summed E-state index contributed by atoms with van der Waals surface area (Å²) in [5.74, 6) is 0. The lowest BCUT2D eigenvalue weighted by atomic mass is 9.33. The second-order valence-electron chi connectivity index (χ2n) is 20.7. The van der Waals surface area contributed by atoms with Crippen molar-refractivity contribution in [1.82, 2.24) is 4.57 Å². The molecule has 5 heteroatoms. The molecule has 0 unspecified atom stereocenters. The van der Waals surface area contributed by atoms with Gasteiger partial charge in [0.15, 0.2) is 0 Å². The fraction of sp³-hybridized carbons (Fsp3) is 0.148. The molecule has 0 spiro atoms. The maximum Gasteiger partial charge on any atom is 0.252 e. The topological polar surface area (TPSA) is 14.7 Å². The fourth-order valence-corrected chi connectivity index (χ4v) is 11.5. The van der Waals surface area contributed by atoms with Crippen LogP contribution in [0.4, 0.5) is 51.2 Å². The zero-order valence-corrected chi connectivity index (χ0v) is 38.7. The highest BCUT2D eigenvalue weighted by atomic mass is 15.2. The monoisotopic (exact) mass is 850 g/mol. The number of hydrogen-bond donors (Lipinski definition) is 0. The Morgan fingerprint density at radius 3 is 1.70 bits per heavy atom. The summed E-state index contributed by atoms with van der Waals surface area (Å²) in [7, 11) is 0. The first-order valence-corrected chi connectivity index (χ1v) is 23.5. The van der Waals surface area contributed by atoms with Gasteiger partial charge >= 0.3 is 0 Å². The van der Waals surface area contributed by atoms with Crippen LogP contribution in [0.2, 0.25) is 0 Å². The Hall–Kier alpha value is -7.50. The molecule has 0 atom stereocenters. The fourth-order valence-electron chi connectivity index (χ4n) is 11.5. The number of anilines is 9. The minimum Gasteiger partial charge on any atom is -0.311 e. The molecule has 0 N–H and O–H groups in total. The molecule has 0 radical (unpaired) electrons. The SMILES string of the molecule is Cc1cc2c3c(c1)N1c4c(cccc4-n4c5ccccc5c5cccc1c54)B3c1ccc(N(c3ccc(C(C)(C)C)cc3)c3ccc(C(C)(C)C)cc3)cc1N2c1cccc2ccccc12. The summed E-state index contributed by atoms with van der Waals surface area (Å²) in [6, 6.07) is 69.0. The number of aromatic nitrogens is 1. The molecule has 3 aliphatic rings. The van der Waals surface area contributed by atoms with E-state index in [9.17, 15) is 0 Å². The van der Waals surface area contributed by atoms with Crippen molar-refractivity contribution < 1.29 is 0 Å². The van der Waals surface area contributed by atoms with Crippen molar-refractivity contribution in [2.45, 2.75) is 59.3 Å². The van der Waals surface area contributed by atoms with Gasteiger partial charge in [0, 0.05) is 50.3 Å². The van der Waals surface area contributed by atoms with Crippen molar-refractivity contribution in [3.05, 3.63) is 199 Å². The lowest BCUT2D eigenvalue weighted by Gasteiger charge is -2.46. The largest absolute Gasteiger partial charge is 0.311 e. The molecule has 4 nitrogen and oxygen atoms in total. The van der Waals surface area contributed by atoms with Crippen LogP contribution >= 0.6 is 0 Å². The number of hydrogen-bond acceptors (Lipinski definition) is 3. The quantitative estimate of drug-likeness (QED) is 0.164. The van der Waals surface area contributed by atoms with Crippen LogP contribution in [0, 0.1) is 6.92 Å². The first-order chi connectivity index (χ1) is 31.9. The third-order valence-corrected chi connectivity index (χ3v) is 14.6. The molecule has 318 valence electrons. The maximum absolute atomic E-state index is 2.60. The van der Waals surface area contributed by atoms with Gasteiger partial charge < -0.3 is 19.3 Å². The summed E-state index contributed by atoms with van der Waals surface area (Å²) in [6.45, 7) is 16.0. The minimum atomic E-state index is -0.00903. The molecule has 1 aromatic heterocycles. The number of rotatable bonds is 4. The van der Waals surface area contributed by atoms with Gasteiger partial charge in [-0.25, -0.2) is 0 Å². The van der Waals surface area contributed by atoms with Gasteiger partial charge in [0.2, 0.25) is 0 Å². The molecule has 0 aliphatic carbocycles. The number of benzene rings is 9. The number of para-hydroxylation sites is 3. The van der Waals surface area contributed by atoms with Gasteiger partial charge in [-0.05, 0) is 129 Å². The van der Waals surface area contributed by atoms with Crippen LogP contribution in [0.15, 0.2) is 182 Å². The summed E-state index contributed by atoms with van der Waals surface area (Å²) in [5, 5.41) is 5.01. The van der Waals surface area contributed by atoms with E-state index in [1.807, 2.05) is 0 Å². The zero-order chi connectivity index (χ0) is 44.8. The zero-order valence-electron chi connectivity index (χ0n) is 38.7. The third kappa shape index (κ3) is 5.52. The van der Waals surface area contributed by atoms with Crippen LogP contribution in [0.5, 0.6) is 0 Å². The maximum atomic E-state index is 2.60. The molecule has 10 aromatic rings. The van der Waals surface area contributed by atoms with E-state index in [4.69, 9.17) is 0 Å². The molecule has 4 heterocycles. The van der Waals surface area contributed by atoms with E-state index in [1.54, 1.807) is 0 Å². The number of fused-ring (bicyclic) bond motifs is 10. The molecule has 0 amide bonds. The summed E-state index contributed by atoms with van der Waals surface area (Å²) in [6.07, 6.45) is 0. The summed E-state index contributed by atoms with van der Waals surface area (Å²) < 4.78 is 2.53. The van der Waals surface area contributed by atoms with Crippen molar-refractivity contribution in [3.63, 3.8) is 0 Å². The molecule has 9 aromatic carbocycles. The van der Waals surface area contributed by atoms with Crippen molar-refractivity contribution in [2.75, 3.05) is 14.7 Å². The Kier molecular flexibility index (Phi) is 8.12. The Balaban J connectivity index is 1.10. The highest BCUT2D eigenvalue weighted by Gasteiger charge is 2.46. The molecule has 0 saturated heterocycles. The predicted molar refractivity (Wildman–Crippen MR) is 283 cm³/mol. The first-order valence-electron chi connectivity index (χ1n) is 23.5. The van der Waals surface area contributed by atoms with Gasteiger partial charge in [0.25, 0.3) is 6.71 Å². The van der Waals surface area contributed by atoms with Crippen LogP contribution in [0.3, 0.4) is 0 Å². The summed E-state index contributed by atoms with van der Waals surface area (Å²) in [4.78, 5) is 7.63. The van der Waals surface area contributed by atoms with E-state index >= 15 is 0 Å². The third-order valence-electron chi connectivity index (χ3n) is 14.6. The Morgan fingerprint density at radius 1 is 0.424 bits per heavy atom. The van der Waals surface area contributed by atoms with Crippen LogP contribution in [-0.2, 0) is 10.8 Å². The second kappa shape index (κ2) is 13.8. The van der Waals surface area contributed by atoms with Crippen LogP contribution in [-0.4, -0.2) is 11.3 Å². The normalized spacial score (nSPS) is 13.6. The molecule has 3 aliphatic heterocycles. The predicted octanol–water partition coefficient (Wildman–Crippen LogP) is 14.7. The average molecular weight is 851 g/mol. The number of aryl methyl sites for hydroxylation is 1. The highest BCUT2D eigenvalue weighted by molar-refractivity contribution is 7.00. The molecular weight excluding hydrogens is 800 g/mol. The van der Waals surface area contributed by atoms with Gasteiger partial charge in [0.1, 0.15) is 0 Å². The van der Waals surface area contributed by atoms with Crippen molar-refractivity contribution in [2.24, 2.45) is 0 Å². The molecule has 0 fully saturated rings. The van der Waals surface area contributed by atoms with Crippen LogP contribution in [0.1, 0.15) is 58.2 Å². The summed E-state index contributed by atoms with van der Waals surface area (Å²) >= 11 is 0. The van der Waals surface area contributed by atoms with E-state index in [0.29, 0.717) is 0 Å². The van der Waals surface area contributed by atoms with Gasteiger partial charge in [-0.15, -0.1) is 0 Å². The number of nitrogens with zero attached hydrogens (tertiary/aromatic N) is 4. The van der Waals surface area contributed by atoms with Gasteiger partial charge in [-0.1, -0.05) is 151 Å². The molecule has 66 heavy (non-hydrogen) atoms. The van der Waals surface area contributed by atoms with E-state index in [0.717, 1.165) is 17.1 Å². The van der Waals surface area contributed by atoms with Crippen molar-refractivity contribution in [1.29, 1.82) is 0 Å². The highest BCUT2D eigenvalue weighted by Crippen LogP contribution is 2.53. The van der Waals surface area contributed by atoms with Crippen LogP contribution in [0.25, 0.3) is 38.3 Å². The Labute approximate surface area is 388 Å². The van der Waals surface area contributed by atoms with E-state index in [-0.39, 0.29) is 17.5 Å². The summed E-state index contributed by atoms with van der Waals surface area (Å²) in [5.41, 5.74) is 22.3. The second-order valence-corrected chi connectivity index (χ2v) is 20.7. The Bertz CT molecular complexity index is 3580. The van der Waals surface area contributed by atoms with Crippen molar-refractivity contribution >= 4 is 107 Å². The smallest absolute Gasteiger partial charge is 0.252 e. The van der Waals surface area contributed by atoms with Gasteiger partial charge in [-0.2, -0.15) is 0 Å². The Morgan fingerprint density at radius 2 is 0.985 bits per heavy atom. The van der Waals surface area contributed by atoms with Gasteiger partial charge in [0.05, 0.1) is 33.8 Å². The molecule has 0 bridgehead atoms. The van der Waals surface area contributed by atoms with E-state index in [2.05, 4.69) is 250 Å². The lowest BCUT2D eigenvalue weighted by Crippen LogP contribution is -2.61. The lowest BCUT2D eigenvalue weighted by molar-refractivity contribution is 0.590. The van der Waals surface area contributed by atoms with Gasteiger partial charge in [-0.3, -0.25) is 0 Å². The average Bonchev–Trinajstić information content (AvgIpc) is 3.66. The molecular formula is C61H51BN4. The van der Waals surface area contributed by atoms with E-state index < -0.39 is 0 Å². The van der Waals surface area contributed by atoms with Crippen LogP contribution < -0.4 is 31.1 Å². The standard InChI is InChI=1S/C61H51BN4/c1-38-35-55-57-56(36-38)66-52-23-13-19-47-46-18-10-11-21-51(46)65(58(47)52)53-24-14-20-49(59(53)66)62(57)48-34-33-44(37-54(48)64(55)50-22-12-16-39-15-8-9-17-45(39)50)63(42-29-25-40(26-30-42)60(2,3)4)43-31-27-41(28-32-43)61(5,6)7/h8-37H,1-7H3.